The molecule has 0 atom stereocenters. The van der Waals surface area contributed by atoms with Crippen LogP contribution in [0.15, 0.2) is 54.6 Å². The van der Waals surface area contributed by atoms with E-state index in [0.29, 0.717) is 33.4 Å². The Hall–Kier alpha value is -3.35. The number of carbonyl (C=O) groups is 1. The minimum Gasteiger partial charge on any atom is -0.366 e. The van der Waals surface area contributed by atoms with E-state index in [1.165, 1.54) is 0 Å². The van der Waals surface area contributed by atoms with Crippen molar-refractivity contribution in [1.29, 1.82) is 0 Å². The van der Waals surface area contributed by atoms with Crippen molar-refractivity contribution in [3.63, 3.8) is 0 Å². The molecule has 0 saturated heterocycles. The van der Waals surface area contributed by atoms with Crippen LogP contribution in [0.4, 0.5) is 17.6 Å². The second-order valence-corrected chi connectivity index (χ2v) is 6.38. The second-order valence-electron chi connectivity index (χ2n) is 6.38. The first-order valence-electron chi connectivity index (χ1n) is 8.34. The number of hydrogen-bond donors (Lipinski definition) is 1. The van der Waals surface area contributed by atoms with Gasteiger partial charge in [0.25, 0.3) is 0 Å². The minimum absolute atomic E-state index is 0.00988. The van der Waals surface area contributed by atoms with Crippen molar-refractivity contribution in [2.75, 3.05) is 0 Å². The van der Waals surface area contributed by atoms with Gasteiger partial charge >= 0.3 is 6.18 Å². The molecular formula is C21H13F4N2O. The van der Waals surface area contributed by atoms with Gasteiger partial charge in [-0.25, -0.2) is 4.39 Å². The highest BCUT2D eigenvalue weighted by Gasteiger charge is 2.31. The van der Waals surface area contributed by atoms with Crippen LogP contribution in [-0.4, -0.2) is 10.5 Å². The van der Waals surface area contributed by atoms with Crippen LogP contribution in [0.2, 0.25) is 0 Å². The van der Waals surface area contributed by atoms with E-state index in [1.807, 2.05) is 0 Å². The Morgan fingerprint density at radius 1 is 1.07 bits per heavy atom. The van der Waals surface area contributed by atoms with Crippen LogP contribution in [0, 0.1) is 11.9 Å². The van der Waals surface area contributed by atoms with Crippen molar-refractivity contribution in [3.8, 4) is 0 Å². The van der Waals surface area contributed by atoms with Gasteiger partial charge in [-0.05, 0) is 36.4 Å². The van der Waals surface area contributed by atoms with Gasteiger partial charge in [-0.2, -0.15) is 13.2 Å². The lowest BCUT2D eigenvalue weighted by Gasteiger charge is -2.12. The van der Waals surface area contributed by atoms with Crippen molar-refractivity contribution in [3.05, 3.63) is 83.2 Å². The van der Waals surface area contributed by atoms with Crippen LogP contribution >= 0.6 is 0 Å². The highest BCUT2D eigenvalue weighted by atomic mass is 19.4. The Morgan fingerprint density at radius 3 is 2.50 bits per heavy atom. The zero-order valence-corrected chi connectivity index (χ0v) is 14.3. The molecule has 3 nitrogen and oxygen atoms in total. The number of rotatable bonds is 3. The SMILES string of the molecule is NC(=O)c1cccc2c1c1[c]cccc1n2Cc1ccc(C(F)(F)F)cc1F. The van der Waals surface area contributed by atoms with E-state index in [4.69, 9.17) is 5.73 Å². The number of nitrogens with zero attached hydrogens (tertiary/aromatic N) is 1. The van der Waals surface area contributed by atoms with E-state index in [-0.39, 0.29) is 12.1 Å². The summed E-state index contributed by atoms with van der Waals surface area (Å²) in [4.78, 5) is 11.8. The third-order valence-corrected chi connectivity index (χ3v) is 4.68. The van der Waals surface area contributed by atoms with Gasteiger partial charge in [-0.15, -0.1) is 0 Å². The predicted octanol–water partition coefficient (Wildman–Crippen LogP) is 4.90. The van der Waals surface area contributed by atoms with Crippen LogP contribution < -0.4 is 5.73 Å². The lowest BCUT2D eigenvalue weighted by molar-refractivity contribution is -0.137. The second kappa shape index (κ2) is 6.37. The molecule has 0 aliphatic heterocycles. The number of amides is 1. The molecule has 3 aromatic carbocycles. The van der Waals surface area contributed by atoms with Crippen molar-refractivity contribution in [2.45, 2.75) is 12.7 Å². The normalized spacial score (nSPS) is 12.0. The van der Waals surface area contributed by atoms with Crippen LogP contribution in [-0.2, 0) is 12.7 Å². The number of nitrogens with two attached hydrogens (primary N) is 1. The largest absolute Gasteiger partial charge is 0.416 e. The summed E-state index contributed by atoms with van der Waals surface area (Å²) in [5, 5.41) is 1.22. The quantitative estimate of drug-likeness (QED) is 0.501. The lowest BCUT2D eigenvalue weighted by Crippen LogP contribution is -2.11. The molecule has 0 fully saturated rings. The van der Waals surface area contributed by atoms with Crippen molar-refractivity contribution < 1.29 is 22.4 Å². The molecule has 0 unspecified atom stereocenters. The summed E-state index contributed by atoms with van der Waals surface area (Å²) in [5.41, 5.74) is 6.13. The van der Waals surface area contributed by atoms with E-state index in [1.54, 1.807) is 41.0 Å². The highest BCUT2D eigenvalue weighted by molar-refractivity contribution is 6.17. The fraction of sp³-hybridized carbons (Fsp3) is 0.0952. The van der Waals surface area contributed by atoms with Gasteiger partial charge in [-0.1, -0.05) is 24.3 Å². The van der Waals surface area contributed by atoms with Gasteiger partial charge in [0.05, 0.1) is 23.1 Å². The molecule has 141 valence electrons. The summed E-state index contributed by atoms with van der Waals surface area (Å²) in [7, 11) is 0. The molecule has 0 aliphatic carbocycles. The Balaban J connectivity index is 1.92. The third-order valence-electron chi connectivity index (χ3n) is 4.68. The first-order valence-corrected chi connectivity index (χ1v) is 8.34. The number of aromatic nitrogens is 1. The summed E-state index contributed by atoms with van der Waals surface area (Å²) < 4.78 is 54.5. The fourth-order valence-corrected chi connectivity index (χ4v) is 3.41. The Bertz CT molecular complexity index is 1220. The van der Waals surface area contributed by atoms with Crippen molar-refractivity contribution in [2.24, 2.45) is 5.73 Å². The number of carbonyl (C=O) groups excluding carboxylic acids is 1. The van der Waals surface area contributed by atoms with Crippen molar-refractivity contribution >= 4 is 27.7 Å². The molecular weight excluding hydrogens is 372 g/mol. The Labute approximate surface area is 157 Å². The predicted molar refractivity (Wildman–Crippen MR) is 97.3 cm³/mol. The molecule has 1 radical (unpaired) electrons. The maximum absolute atomic E-state index is 14.4. The molecule has 2 N–H and O–H groups in total. The average Bonchev–Trinajstić information content (AvgIpc) is 2.96. The van der Waals surface area contributed by atoms with E-state index in [9.17, 15) is 22.4 Å². The van der Waals surface area contributed by atoms with Gasteiger partial charge in [0.1, 0.15) is 5.82 Å². The molecule has 1 amide bonds. The number of alkyl halides is 3. The van der Waals surface area contributed by atoms with E-state index in [0.717, 1.165) is 12.1 Å². The maximum atomic E-state index is 14.4. The first-order chi connectivity index (χ1) is 13.3. The Morgan fingerprint density at radius 2 is 1.82 bits per heavy atom. The van der Waals surface area contributed by atoms with Crippen molar-refractivity contribution in [1.82, 2.24) is 4.57 Å². The highest BCUT2D eigenvalue weighted by Crippen LogP contribution is 2.33. The number of hydrogen-bond acceptors (Lipinski definition) is 1. The molecule has 0 spiro atoms. The van der Waals surface area contributed by atoms with Crippen LogP contribution in [0.5, 0.6) is 0 Å². The van der Waals surface area contributed by atoms with E-state index in [2.05, 4.69) is 6.07 Å². The fourth-order valence-electron chi connectivity index (χ4n) is 3.41. The zero-order valence-electron chi connectivity index (χ0n) is 14.3. The summed E-state index contributed by atoms with van der Waals surface area (Å²) in [5.74, 6) is -1.56. The monoisotopic (exact) mass is 385 g/mol. The van der Waals surface area contributed by atoms with Gasteiger partial charge in [0.15, 0.2) is 0 Å². The van der Waals surface area contributed by atoms with E-state index < -0.39 is 23.5 Å². The summed E-state index contributed by atoms with van der Waals surface area (Å²) >= 11 is 0. The first kappa shape index (κ1) is 18.0. The maximum Gasteiger partial charge on any atom is 0.416 e. The molecule has 0 aliphatic rings. The molecule has 28 heavy (non-hydrogen) atoms. The van der Waals surface area contributed by atoms with Crippen LogP contribution in [0.1, 0.15) is 21.5 Å². The van der Waals surface area contributed by atoms with Gasteiger partial charge in [0.2, 0.25) is 5.91 Å². The van der Waals surface area contributed by atoms with Gasteiger partial charge in [0, 0.05) is 21.9 Å². The molecule has 7 heteroatoms. The molecule has 4 rings (SSSR count). The summed E-state index contributed by atoms with van der Waals surface area (Å²) in [6, 6.07) is 15.7. The molecule has 0 saturated carbocycles. The van der Waals surface area contributed by atoms with Crippen LogP contribution in [0.3, 0.4) is 0 Å². The summed E-state index contributed by atoms with van der Waals surface area (Å²) in [6.45, 7) is -0.00988. The molecule has 4 aromatic rings. The molecule has 0 bridgehead atoms. The lowest BCUT2D eigenvalue weighted by atomic mass is 10.1. The number of benzene rings is 3. The molecule has 1 aromatic heterocycles. The molecule has 1 heterocycles. The van der Waals surface area contributed by atoms with Gasteiger partial charge in [-0.3, -0.25) is 4.79 Å². The van der Waals surface area contributed by atoms with Crippen LogP contribution in [0.25, 0.3) is 21.8 Å². The summed E-state index contributed by atoms with van der Waals surface area (Å²) in [6.07, 6.45) is -4.61. The van der Waals surface area contributed by atoms with E-state index >= 15 is 0 Å². The topological polar surface area (TPSA) is 48.0 Å². The number of primary amides is 1. The minimum atomic E-state index is -4.61. The number of halogens is 4. The smallest absolute Gasteiger partial charge is 0.366 e. The standard InChI is InChI=1S/C21H13F4N2O/c22-16-10-13(21(23,24)25)9-8-12(16)11-27-17-6-2-1-4-14(17)19-15(20(26)28)5-3-7-18(19)27/h1-3,5-10H,11H2,(H2,26,28). The average molecular weight is 385 g/mol. The number of fused-ring (bicyclic) bond motifs is 3. The third kappa shape index (κ3) is 2.89. The van der Waals surface area contributed by atoms with Gasteiger partial charge < -0.3 is 10.3 Å². The zero-order chi connectivity index (χ0) is 20.1. The Kier molecular flexibility index (Phi) is 4.10.